The van der Waals surface area contributed by atoms with E-state index in [0.29, 0.717) is 11.5 Å². The number of nitrogens with zero attached hydrogens (tertiary/aromatic N) is 2. The van der Waals surface area contributed by atoms with Gasteiger partial charge in [0.1, 0.15) is 0 Å². The summed E-state index contributed by atoms with van der Waals surface area (Å²) in [5, 5.41) is 7.95. The highest BCUT2D eigenvalue weighted by atomic mass is 15.3. The molecule has 1 aromatic rings. The molecule has 0 amide bonds. The van der Waals surface area contributed by atoms with Crippen molar-refractivity contribution in [2.45, 2.75) is 46.2 Å². The van der Waals surface area contributed by atoms with Gasteiger partial charge in [0.2, 0.25) is 0 Å². The van der Waals surface area contributed by atoms with Crippen LogP contribution in [-0.4, -0.2) is 15.8 Å². The summed E-state index contributed by atoms with van der Waals surface area (Å²) in [6.07, 6.45) is 4.84. The summed E-state index contributed by atoms with van der Waals surface area (Å²) in [5.74, 6) is 0. The summed E-state index contributed by atoms with van der Waals surface area (Å²) < 4.78 is 1.88. The van der Waals surface area contributed by atoms with Gasteiger partial charge in [0.25, 0.3) is 0 Å². The lowest BCUT2D eigenvalue weighted by molar-refractivity contribution is 0.379. The number of hydrogen-bond donors (Lipinski definition) is 1. The predicted octanol–water partition coefficient (Wildman–Crippen LogP) is 2.01. The molecule has 0 saturated heterocycles. The molecule has 0 radical (unpaired) electrons. The van der Waals surface area contributed by atoms with Gasteiger partial charge in [0.15, 0.2) is 0 Å². The fourth-order valence-corrected chi connectivity index (χ4v) is 1.96. The van der Waals surface area contributed by atoms with E-state index in [2.05, 4.69) is 37.4 Å². The van der Waals surface area contributed by atoms with Crippen LogP contribution in [0.3, 0.4) is 0 Å². The molecule has 3 nitrogen and oxygen atoms in total. The monoisotopic (exact) mass is 207 g/mol. The molecule has 2 rings (SSSR count). The Kier molecular flexibility index (Phi) is 2.59. The molecule has 1 aromatic heterocycles. The molecule has 1 aliphatic carbocycles. The zero-order chi connectivity index (χ0) is 11.1. The highest BCUT2D eigenvalue weighted by Gasteiger charge is 2.42. The number of hydrogen-bond acceptors (Lipinski definition) is 2. The van der Waals surface area contributed by atoms with Crippen molar-refractivity contribution >= 4 is 0 Å². The first-order valence-corrected chi connectivity index (χ1v) is 5.74. The molecule has 0 aliphatic heterocycles. The summed E-state index contributed by atoms with van der Waals surface area (Å²) in [7, 11) is 1.97. The molecule has 3 heteroatoms. The first kappa shape index (κ1) is 10.7. The van der Waals surface area contributed by atoms with Gasteiger partial charge in [-0.1, -0.05) is 6.92 Å². The fourth-order valence-electron chi connectivity index (χ4n) is 1.96. The highest BCUT2D eigenvalue weighted by Crippen LogP contribution is 2.47. The van der Waals surface area contributed by atoms with E-state index in [1.165, 1.54) is 18.4 Å². The highest BCUT2D eigenvalue weighted by molar-refractivity contribution is 5.15. The molecule has 0 aromatic carbocycles. The maximum absolute atomic E-state index is 4.34. The molecule has 0 spiro atoms. The Morgan fingerprint density at radius 1 is 1.60 bits per heavy atom. The van der Waals surface area contributed by atoms with Crippen LogP contribution in [0.4, 0.5) is 0 Å². The molecule has 1 fully saturated rings. The van der Waals surface area contributed by atoms with Crippen LogP contribution < -0.4 is 5.32 Å². The number of aromatic nitrogens is 2. The summed E-state index contributed by atoms with van der Waals surface area (Å²) >= 11 is 0. The largest absolute Gasteiger partial charge is 0.310 e. The van der Waals surface area contributed by atoms with Gasteiger partial charge >= 0.3 is 0 Å². The van der Waals surface area contributed by atoms with E-state index in [-0.39, 0.29) is 0 Å². The average Bonchev–Trinajstić information content (AvgIpc) is 2.83. The lowest BCUT2D eigenvalue weighted by atomic mass is 10.0. The minimum Gasteiger partial charge on any atom is -0.310 e. The van der Waals surface area contributed by atoms with E-state index in [9.17, 15) is 0 Å². The van der Waals surface area contributed by atoms with Crippen molar-refractivity contribution < 1.29 is 0 Å². The van der Waals surface area contributed by atoms with Gasteiger partial charge in [-0.25, -0.2) is 0 Å². The minimum absolute atomic E-state index is 0.552. The van der Waals surface area contributed by atoms with Gasteiger partial charge in [-0.3, -0.25) is 4.68 Å². The Hall–Kier alpha value is -0.830. The molecule has 1 heterocycles. The third-order valence-electron chi connectivity index (χ3n) is 3.80. The lowest BCUT2D eigenvalue weighted by Gasteiger charge is -2.20. The zero-order valence-electron chi connectivity index (χ0n) is 10.2. The molecule has 15 heavy (non-hydrogen) atoms. The van der Waals surface area contributed by atoms with Gasteiger partial charge in [0.05, 0.1) is 5.69 Å². The predicted molar refractivity (Wildman–Crippen MR) is 61.6 cm³/mol. The van der Waals surface area contributed by atoms with Crippen LogP contribution in [0.1, 0.15) is 37.9 Å². The SMILES string of the molecule is Cc1nn(C)cc1CNC(C)C1(C)CC1. The first-order chi connectivity index (χ1) is 7.01. The zero-order valence-corrected chi connectivity index (χ0v) is 10.2. The summed E-state index contributed by atoms with van der Waals surface area (Å²) in [6, 6.07) is 0.608. The van der Waals surface area contributed by atoms with E-state index in [1.807, 2.05) is 11.7 Å². The molecule has 1 saturated carbocycles. The van der Waals surface area contributed by atoms with Crippen molar-refractivity contribution in [2.75, 3.05) is 0 Å². The average molecular weight is 207 g/mol. The third-order valence-corrected chi connectivity index (χ3v) is 3.80. The smallest absolute Gasteiger partial charge is 0.0638 e. The van der Waals surface area contributed by atoms with Crippen LogP contribution in [0, 0.1) is 12.3 Å². The van der Waals surface area contributed by atoms with Crippen molar-refractivity contribution in [3.63, 3.8) is 0 Å². The van der Waals surface area contributed by atoms with Gasteiger partial charge < -0.3 is 5.32 Å². The molecular formula is C12H21N3. The number of rotatable bonds is 4. The Labute approximate surface area is 91.9 Å². The van der Waals surface area contributed by atoms with Crippen molar-refractivity contribution in [1.82, 2.24) is 15.1 Å². The topological polar surface area (TPSA) is 29.9 Å². The summed E-state index contributed by atoms with van der Waals surface area (Å²) in [5.41, 5.74) is 3.00. The van der Waals surface area contributed by atoms with Crippen LogP contribution in [0.2, 0.25) is 0 Å². The normalized spacial score (nSPS) is 20.3. The van der Waals surface area contributed by atoms with Crippen molar-refractivity contribution in [3.05, 3.63) is 17.5 Å². The minimum atomic E-state index is 0.552. The molecule has 1 unspecified atom stereocenters. The van der Waals surface area contributed by atoms with Crippen molar-refractivity contribution in [3.8, 4) is 0 Å². The van der Waals surface area contributed by atoms with Gasteiger partial charge in [0, 0.05) is 31.4 Å². The molecule has 1 atom stereocenters. The van der Waals surface area contributed by atoms with Crippen LogP contribution in [0.5, 0.6) is 0 Å². The van der Waals surface area contributed by atoms with E-state index in [0.717, 1.165) is 12.2 Å². The second kappa shape index (κ2) is 3.63. The third kappa shape index (κ3) is 2.23. The molecular weight excluding hydrogens is 186 g/mol. The maximum atomic E-state index is 4.34. The number of nitrogens with one attached hydrogen (secondary N) is 1. The molecule has 1 aliphatic rings. The van der Waals surface area contributed by atoms with Crippen LogP contribution in [-0.2, 0) is 13.6 Å². The fraction of sp³-hybridized carbons (Fsp3) is 0.750. The first-order valence-electron chi connectivity index (χ1n) is 5.74. The molecule has 0 bridgehead atoms. The van der Waals surface area contributed by atoms with E-state index in [4.69, 9.17) is 0 Å². The Morgan fingerprint density at radius 3 is 2.73 bits per heavy atom. The van der Waals surface area contributed by atoms with Gasteiger partial charge in [-0.2, -0.15) is 5.10 Å². The van der Waals surface area contributed by atoms with E-state index in [1.54, 1.807) is 0 Å². The second-order valence-corrected chi connectivity index (χ2v) is 5.17. The van der Waals surface area contributed by atoms with Gasteiger partial charge in [-0.05, 0) is 32.1 Å². The van der Waals surface area contributed by atoms with Gasteiger partial charge in [-0.15, -0.1) is 0 Å². The summed E-state index contributed by atoms with van der Waals surface area (Å²) in [4.78, 5) is 0. The maximum Gasteiger partial charge on any atom is 0.0638 e. The van der Waals surface area contributed by atoms with E-state index < -0.39 is 0 Å². The quantitative estimate of drug-likeness (QED) is 0.818. The number of aryl methyl sites for hydroxylation is 2. The standard InChI is InChI=1S/C12H21N3/c1-9-11(8-15(4)14-9)7-13-10(2)12(3)5-6-12/h8,10,13H,5-7H2,1-4H3. The van der Waals surface area contributed by atoms with Crippen LogP contribution in [0.15, 0.2) is 6.20 Å². The van der Waals surface area contributed by atoms with E-state index >= 15 is 0 Å². The lowest BCUT2D eigenvalue weighted by Crippen LogP contribution is -2.32. The van der Waals surface area contributed by atoms with Crippen molar-refractivity contribution in [2.24, 2.45) is 12.5 Å². The van der Waals surface area contributed by atoms with Crippen LogP contribution in [0.25, 0.3) is 0 Å². The molecule has 1 N–H and O–H groups in total. The Balaban J connectivity index is 1.90. The Bertz CT molecular complexity index is 350. The summed E-state index contributed by atoms with van der Waals surface area (Å²) in [6.45, 7) is 7.66. The second-order valence-electron chi connectivity index (χ2n) is 5.17. The van der Waals surface area contributed by atoms with Crippen LogP contribution >= 0.6 is 0 Å². The van der Waals surface area contributed by atoms with Crippen molar-refractivity contribution in [1.29, 1.82) is 0 Å². The Morgan fingerprint density at radius 2 is 2.27 bits per heavy atom. The molecule has 84 valence electrons.